The van der Waals surface area contributed by atoms with Crippen LogP contribution in [-0.2, 0) is 16.9 Å². The molecule has 2 heterocycles. The van der Waals surface area contributed by atoms with Crippen LogP contribution in [0.3, 0.4) is 0 Å². The highest BCUT2D eigenvalue weighted by atomic mass is 32.1. The van der Waals surface area contributed by atoms with Crippen molar-refractivity contribution in [3.05, 3.63) is 40.3 Å². The maximum absolute atomic E-state index is 12.5. The molecule has 1 N–H and O–H groups in total. The number of thiazole rings is 1. The van der Waals surface area contributed by atoms with Crippen molar-refractivity contribution in [2.24, 2.45) is 0 Å². The van der Waals surface area contributed by atoms with E-state index in [9.17, 15) is 4.79 Å². The topological polar surface area (TPSA) is 69.0 Å². The molecule has 126 valence electrons. The zero-order valence-electron chi connectivity index (χ0n) is 14.2. The summed E-state index contributed by atoms with van der Waals surface area (Å²) in [6.07, 6.45) is 0. The van der Waals surface area contributed by atoms with Gasteiger partial charge in [-0.05, 0) is 32.9 Å². The normalized spacial score (nSPS) is 11.8. The number of amides is 1. The summed E-state index contributed by atoms with van der Waals surface area (Å²) in [4.78, 5) is 21.4. The number of anilines is 1. The molecule has 1 amide bonds. The second-order valence-electron chi connectivity index (χ2n) is 6.44. The quantitative estimate of drug-likeness (QED) is 0.784. The number of hydrogen-bond donors (Lipinski definition) is 1. The van der Waals surface area contributed by atoms with Gasteiger partial charge in [0.05, 0.1) is 17.6 Å². The molecular formula is C17H20N4O2S. The van der Waals surface area contributed by atoms with E-state index in [1.807, 2.05) is 28.8 Å². The number of para-hydroxylation sites is 2. The van der Waals surface area contributed by atoms with Crippen LogP contribution < -0.4 is 5.32 Å². The van der Waals surface area contributed by atoms with Crippen molar-refractivity contribution >= 4 is 34.2 Å². The molecule has 0 aliphatic carbocycles. The lowest BCUT2D eigenvalue weighted by atomic mass is 10.1. The van der Waals surface area contributed by atoms with E-state index in [0.29, 0.717) is 18.2 Å². The molecule has 0 saturated carbocycles. The minimum atomic E-state index is -0.269. The first kappa shape index (κ1) is 16.6. The zero-order chi connectivity index (χ0) is 17.3. The molecule has 0 radical (unpaired) electrons. The number of rotatable bonds is 4. The Balaban J connectivity index is 1.95. The van der Waals surface area contributed by atoms with E-state index in [1.165, 1.54) is 11.3 Å². The molecule has 24 heavy (non-hydrogen) atoms. The Hall–Kier alpha value is -2.25. The smallest absolute Gasteiger partial charge is 0.277 e. The van der Waals surface area contributed by atoms with Gasteiger partial charge in [0, 0.05) is 18.0 Å². The van der Waals surface area contributed by atoms with Crippen LogP contribution in [0.1, 0.15) is 36.3 Å². The number of nitrogens with zero attached hydrogens (tertiary/aromatic N) is 3. The third-order valence-electron chi connectivity index (χ3n) is 3.51. The summed E-state index contributed by atoms with van der Waals surface area (Å²) in [6.45, 7) is 6.64. The monoisotopic (exact) mass is 344 g/mol. The Morgan fingerprint density at radius 3 is 2.75 bits per heavy atom. The molecule has 0 fully saturated rings. The molecule has 1 aromatic carbocycles. The van der Waals surface area contributed by atoms with Gasteiger partial charge in [0.2, 0.25) is 5.95 Å². The van der Waals surface area contributed by atoms with E-state index in [1.54, 1.807) is 12.5 Å². The standard InChI is InChI=1S/C17H20N4O2S/c1-17(2,3)21-13-8-6-5-7-11(13)19-16(21)20-15(22)12-10-24-14(18-12)9-23-4/h5-8,10H,9H2,1-4H3,(H,19,20,22). The molecular weight excluding hydrogens is 324 g/mol. The largest absolute Gasteiger partial charge is 0.378 e. The van der Waals surface area contributed by atoms with Crippen LogP contribution in [0.4, 0.5) is 5.95 Å². The Labute approximate surface area is 144 Å². The number of carbonyl (C=O) groups excluding carboxylic acids is 1. The van der Waals surface area contributed by atoms with Gasteiger partial charge in [-0.3, -0.25) is 10.1 Å². The molecule has 7 heteroatoms. The second kappa shape index (κ2) is 6.33. The van der Waals surface area contributed by atoms with Crippen LogP contribution in [-0.4, -0.2) is 27.6 Å². The summed E-state index contributed by atoms with van der Waals surface area (Å²) < 4.78 is 7.07. The van der Waals surface area contributed by atoms with Crippen molar-refractivity contribution in [2.75, 3.05) is 12.4 Å². The summed E-state index contributed by atoms with van der Waals surface area (Å²) in [6, 6.07) is 7.84. The maximum Gasteiger partial charge on any atom is 0.277 e. The molecule has 2 aromatic heterocycles. The van der Waals surface area contributed by atoms with Crippen LogP contribution in [0.5, 0.6) is 0 Å². The number of hydrogen-bond acceptors (Lipinski definition) is 5. The molecule has 0 saturated heterocycles. The highest BCUT2D eigenvalue weighted by molar-refractivity contribution is 7.09. The lowest BCUT2D eigenvalue weighted by molar-refractivity contribution is 0.102. The number of ether oxygens (including phenoxy) is 1. The van der Waals surface area contributed by atoms with Crippen molar-refractivity contribution in [3.8, 4) is 0 Å². The molecule has 0 atom stereocenters. The first-order valence-corrected chi connectivity index (χ1v) is 8.51. The van der Waals surface area contributed by atoms with Gasteiger partial charge >= 0.3 is 0 Å². The second-order valence-corrected chi connectivity index (χ2v) is 7.39. The highest BCUT2D eigenvalue weighted by Crippen LogP contribution is 2.28. The van der Waals surface area contributed by atoms with Gasteiger partial charge in [-0.15, -0.1) is 11.3 Å². The molecule has 0 bridgehead atoms. The summed E-state index contributed by atoms with van der Waals surface area (Å²) in [5.41, 5.74) is 1.99. The van der Waals surface area contributed by atoms with Crippen LogP contribution >= 0.6 is 11.3 Å². The molecule has 0 aliphatic heterocycles. The zero-order valence-corrected chi connectivity index (χ0v) is 15.0. The van der Waals surface area contributed by atoms with E-state index in [0.717, 1.165) is 16.0 Å². The van der Waals surface area contributed by atoms with Gasteiger partial charge in [0.1, 0.15) is 10.7 Å². The number of carbonyl (C=O) groups is 1. The lowest BCUT2D eigenvalue weighted by Crippen LogP contribution is -2.26. The summed E-state index contributed by atoms with van der Waals surface area (Å²) in [5.74, 6) is 0.254. The first-order valence-electron chi connectivity index (χ1n) is 7.63. The van der Waals surface area contributed by atoms with Crippen molar-refractivity contribution < 1.29 is 9.53 Å². The fourth-order valence-electron chi connectivity index (χ4n) is 2.56. The summed E-state index contributed by atoms with van der Waals surface area (Å²) >= 11 is 1.40. The van der Waals surface area contributed by atoms with Crippen molar-refractivity contribution in [1.82, 2.24) is 14.5 Å². The fraction of sp³-hybridized carbons (Fsp3) is 0.353. The van der Waals surface area contributed by atoms with Crippen LogP contribution in [0, 0.1) is 0 Å². The molecule has 6 nitrogen and oxygen atoms in total. The van der Waals surface area contributed by atoms with Crippen LogP contribution in [0.25, 0.3) is 11.0 Å². The summed E-state index contributed by atoms with van der Waals surface area (Å²) in [5, 5.41) is 5.39. The Morgan fingerprint density at radius 1 is 1.29 bits per heavy atom. The minimum Gasteiger partial charge on any atom is -0.378 e. The number of nitrogens with one attached hydrogen (secondary N) is 1. The third kappa shape index (κ3) is 3.18. The van der Waals surface area contributed by atoms with Gasteiger partial charge in [-0.25, -0.2) is 9.97 Å². The maximum atomic E-state index is 12.5. The Kier molecular flexibility index (Phi) is 4.38. The molecule has 3 aromatic rings. The Morgan fingerprint density at radius 2 is 2.04 bits per heavy atom. The summed E-state index contributed by atoms with van der Waals surface area (Å²) in [7, 11) is 1.60. The van der Waals surface area contributed by atoms with Crippen molar-refractivity contribution in [3.63, 3.8) is 0 Å². The molecule has 0 spiro atoms. The van der Waals surface area contributed by atoms with E-state index in [-0.39, 0.29) is 11.4 Å². The molecule has 0 unspecified atom stereocenters. The van der Waals surface area contributed by atoms with Crippen LogP contribution in [0.15, 0.2) is 29.6 Å². The number of imidazole rings is 1. The third-order valence-corrected chi connectivity index (χ3v) is 4.33. The van der Waals surface area contributed by atoms with Crippen LogP contribution in [0.2, 0.25) is 0 Å². The number of benzene rings is 1. The lowest BCUT2D eigenvalue weighted by Gasteiger charge is -2.24. The minimum absolute atomic E-state index is 0.220. The predicted octanol–water partition coefficient (Wildman–Crippen LogP) is 3.65. The number of methoxy groups -OCH3 is 1. The average molecular weight is 344 g/mol. The van der Waals surface area contributed by atoms with Gasteiger partial charge in [-0.1, -0.05) is 12.1 Å². The van der Waals surface area contributed by atoms with E-state index < -0.39 is 0 Å². The first-order chi connectivity index (χ1) is 11.4. The van der Waals surface area contributed by atoms with Crippen molar-refractivity contribution in [1.29, 1.82) is 0 Å². The highest BCUT2D eigenvalue weighted by Gasteiger charge is 2.23. The number of aromatic nitrogens is 3. The average Bonchev–Trinajstić information content (AvgIpc) is 3.10. The molecule has 3 rings (SSSR count). The fourth-order valence-corrected chi connectivity index (χ4v) is 3.30. The van der Waals surface area contributed by atoms with Gasteiger partial charge < -0.3 is 9.30 Å². The van der Waals surface area contributed by atoms with Gasteiger partial charge in [0.25, 0.3) is 5.91 Å². The number of fused-ring (bicyclic) bond motifs is 1. The van der Waals surface area contributed by atoms with Gasteiger partial charge in [0.15, 0.2) is 0 Å². The predicted molar refractivity (Wildman–Crippen MR) is 95.5 cm³/mol. The van der Waals surface area contributed by atoms with E-state index >= 15 is 0 Å². The van der Waals surface area contributed by atoms with E-state index in [4.69, 9.17) is 4.74 Å². The van der Waals surface area contributed by atoms with Crippen molar-refractivity contribution in [2.45, 2.75) is 32.9 Å². The SMILES string of the molecule is COCc1nc(C(=O)Nc2nc3ccccc3n2C(C)(C)C)cs1. The Bertz CT molecular complexity index is 876. The molecule has 0 aliphatic rings. The van der Waals surface area contributed by atoms with E-state index in [2.05, 4.69) is 36.1 Å². The van der Waals surface area contributed by atoms with Gasteiger partial charge in [-0.2, -0.15) is 0 Å².